The third-order valence-corrected chi connectivity index (χ3v) is 12.7. The molecule has 0 amide bonds. The van der Waals surface area contributed by atoms with E-state index in [2.05, 4.69) is 193 Å². The van der Waals surface area contributed by atoms with Crippen LogP contribution in [0, 0.1) is 0 Å². The molecule has 7 aromatic carbocycles. The third kappa shape index (κ3) is 5.39. The minimum Gasteiger partial charge on any atom is -0.457 e. The summed E-state index contributed by atoms with van der Waals surface area (Å²) in [4.78, 5) is 10.3. The molecule has 5 nitrogen and oxygen atoms in total. The Morgan fingerprint density at radius 2 is 1.23 bits per heavy atom. The summed E-state index contributed by atoms with van der Waals surface area (Å²) in [5, 5.41) is 7.22. The number of aliphatic imine (C=N–C) groups is 2. The number of hydrogen-bond donors (Lipinski definition) is 2. The van der Waals surface area contributed by atoms with Gasteiger partial charge in [0.15, 0.2) is 6.17 Å². The highest BCUT2D eigenvalue weighted by Crippen LogP contribution is 2.63. The number of ether oxygens (including phenoxy) is 1. The first-order valence-corrected chi connectivity index (χ1v) is 20.9. The molecular formula is C55H40N4O. The molecule has 3 heterocycles. The van der Waals surface area contributed by atoms with Crippen molar-refractivity contribution >= 4 is 23.4 Å². The highest BCUT2D eigenvalue weighted by atomic mass is 16.5. The number of anilines is 1. The minimum atomic E-state index is -0.601. The van der Waals surface area contributed by atoms with Gasteiger partial charge in [-0.2, -0.15) is 0 Å². The Bertz CT molecular complexity index is 3000. The normalized spacial score (nSPS) is 17.3. The predicted octanol–water partition coefficient (Wildman–Crippen LogP) is 12.7. The number of fused-ring (bicyclic) bond motifs is 10. The van der Waals surface area contributed by atoms with E-state index in [1.807, 2.05) is 6.07 Å². The van der Waals surface area contributed by atoms with Gasteiger partial charge in [-0.25, -0.2) is 9.98 Å². The molecule has 2 N–H and O–H groups in total. The van der Waals surface area contributed by atoms with Crippen molar-refractivity contribution < 1.29 is 4.74 Å². The maximum Gasteiger partial charge on any atom is 0.169 e. The first kappa shape index (κ1) is 34.5. The second-order valence-corrected chi connectivity index (χ2v) is 16.0. The highest BCUT2D eigenvalue weighted by Gasteiger charge is 2.51. The van der Waals surface area contributed by atoms with Crippen molar-refractivity contribution in [3.8, 4) is 44.9 Å². The predicted molar refractivity (Wildman–Crippen MR) is 245 cm³/mol. The molecule has 3 aliphatic heterocycles. The van der Waals surface area contributed by atoms with Crippen LogP contribution in [0.1, 0.15) is 58.0 Å². The van der Waals surface area contributed by atoms with Crippen LogP contribution >= 0.6 is 0 Å². The molecule has 0 radical (unpaired) electrons. The first-order chi connectivity index (χ1) is 29.7. The quantitative estimate of drug-likeness (QED) is 0.183. The van der Waals surface area contributed by atoms with Crippen LogP contribution in [0.15, 0.2) is 198 Å². The van der Waals surface area contributed by atoms with Gasteiger partial charge in [0.1, 0.15) is 23.2 Å². The van der Waals surface area contributed by atoms with Gasteiger partial charge in [0.2, 0.25) is 0 Å². The molecular weight excluding hydrogens is 733 g/mol. The van der Waals surface area contributed by atoms with Crippen molar-refractivity contribution in [2.75, 3.05) is 11.9 Å². The van der Waals surface area contributed by atoms with E-state index in [1.165, 1.54) is 50.2 Å². The summed E-state index contributed by atoms with van der Waals surface area (Å²) < 4.78 is 6.70. The fourth-order valence-corrected chi connectivity index (χ4v) is 9.89. The van der Waals surface area contributed by atoms with Crippen molar-refractivity contribution in [2.24, 2.45) is 9.98 Å². The second-order valence-electron chi connectivity index (χ2n) is 16.0. The molecule has 5 aliphatic rings. The van der Waals surface area contributed by atoms with Crippen LogP contribution in [0.4, 0.5) is 5.69 Å². The summed E-state index contributed by atoms with van der Waals surface area (Å²) in [6.07, 6.45) is 12.5. The Morgan fingerprint density at radius 1 is 0.550 bits per heavy atom. The van der Waals surface area contributed by atoms with Crippen LogP contribution < -0.4 is 15.4 Å². The van der Waals surface area contributed by atoms with Crippen LogP contribution in [0.25, 0.3) is 39.5 Å². The van der Waals surface area contributed by atoms with Crippen molar-refractivity contribution in [1.29, 1.82) is 0 Å². The van der Waals surface area contributed by atoms with Crippen LogP contribution in [-0.2, 0) is 5.41 Å². The topological polar surface area (TPSA) is 58.0 Å². The zero-order chi connectivity index (χ0) is 39.6. The Hall–Kier alpha value is -7.50. The zero-order valence-electron chi connectivity index (χ0n) is 32.9. The fourth-order valence-electron chi connectivity index (χ4n) is 9.89. The SMILES string of the molecule is C1=CCCC(C2=NC(c3ccc(-c4ccc5c(c4)C4(c6ccccc6Oc6ccccc64)c4cc(-c6cccc7c6NCC=C7)ccc4-5)cc3)N=C(c3ccccc3)N2)=C1. The molecule has 1 spiro atoms. The molecule has 5 heteroatoms. The van der Waals surface area contributed by atoms with E-state index in [-0.39, 0.29) is 6.17 Å². The summed E-state index contributed by atoms with van der Waals surface area (Å²) in [5.74, 6) is 3.51. The second kappa shape index (κ2) is 13.8. The van der Waals surface area contributed by atoms with Crippen LogP contribution in [0.5, 0.6) is 11.5 Å². The highest BCUT2D eigenvalue weighted by molar-refractivity contribution is 6.16. The maximum atomic E-state index is 6.70. The lowest BCUT2D eigenvalue weighted by Gasteiger charge is -2.39. The molecule has 0 aromatic heterocycles. The average molecular weight is 773 g/mol. The van der Waals surface area contributed by atoms with E-state index in [9.17, 15) is 0 Å². The molecule has 286 valence electrons. The van der Waals surface area contributed by atoms with E-state index in [4.69, 9.17) is 14.7 Å². The fraction of sp³-hybridized carbons (Fsp3) is 0.0909. The summed E-state index contributed by atoms with van der Waals surface area (Å²) in [7, 11) is 0. The standard InChI is InChI=1S/C55H40N4O/c1-3-13-37(14-4-1)52-57-53(38-15-5-2-6-16-38)59-54(58-52)39-26-24-35(25-27-39)40-28-30-43-44-31-29-41(42-19-11-17-36-18-12-32-56-51(36)42)34-48(44)55(47(43)33-40)45-20-7-9-22-49(45)60-50-23-10-8-21-46(50)55/h1-5,7-15,17-31,33-34,54,56H,6,16,32H2,(H,57,58,59). The smallest absolute Gasteiger partial charge is 0.169 e. The van der Waals surface area contributed by atoms with Crippen LogP contribution in [-0.4, -0.2) is 18.2 Å². The van der Waals surface area contributed by atoms with E-state index in [0.29, 0.717) is 0 Å². The van der Waals surface area contributed by atoms with Crippen molar-refractivity contribution in [3.05, 3.63) is 227 Å². The molecule has 0 saturated carbocycles. The van der Waals surface area contributed by atoms with Gasteiger partial charge >= 0.3 is 0 Å². The average Bonchev–Trinajstić information content (AvgIpc) is 3.61. The Kier molecular flexibility index (Phi) is 7.95. The number of para-hydroxylation sites is 3. The summed E-state index contributed by atoms with van der Waals surface area (Å²) in [6, 6.07) is 57.1. The Balaban J connectivity index is 0.997. The summed E-state index contributed by atoms with van der Waals surface area (Å²) in [6.45, 7) is 0.816. The van der Waals surface area contributed by atoms with Gasteiger partial charge in [-0.3, -0.25) is 0 Å². The Labute approximate surface area is 349 Å². The molecule has 1 unspecified atom stereocenters. The molecule has 0 saturated heterocycles. The van der Waals surface area contributed by atoms with Gasteiger partial charge in [-0.05, 0) is 92.8 Å². The molecule has 0 bridgehead atoms. The summed E-state index contributed by atoms with van der Waals surface area (Å²) in [5.41, 5.74) is 17.1. The van der Waals surface area contributed by atoms with Gasteiger partial charge in [-0.1, -0.05) is 164 Å². The lowest BCUT2D eigenvalue weighted by molar-refractivity contribution is 0.436. The molecule has 60 heavy (non-hydrogen) atoms. The number of rotatable bonds is 5. The van der Waals surface area contributed by atoms with Crippen molar-refractivity contribution in [1.82, 2.24) is 5.32 Å². The monoisotopic (exact) mass is 772 g/mol. The van der Waals surface area contributed by atoms with E-state index in [0.717, 1.165) is 75.9 Å². The minimum absolute atomic E-state index is 0.360. The Morgan fingerprint density at radius 3 is 1.98 bits per heavy atom. The van der Waals surface area contributed by atoms with Crippen molar-refractivity contribution in [3.63, 3.8) is 0 Å². The van der Waals surface area contributed by atoms with Gasteiger partial charge in [0.05, 0.1) is 5.41 Å². The van der Waals surface area contributed by atoms with Crippen molar-refractivity contribution in [2.45, 2.75) is 24.4 Å². The lowest BCUT2D eigenvalue weighted by atomic mass is 9.65. The van der Waals surface area contributed by atoms with Crippen LogP contribution in [0.2, 0.25) is 0 Å². The largest absolute Gasteiger partial charge is 0.457 e. The van der Waals surface area contributed by atoms with Gasteiger partial charge in [0, 0.05) is 34.5 Å². The number of benzene rings is 7. The van der Waals surface area contributed by atoms with Gasteiger partial charge < -0.3 is 15.4 Å². The lowest BCUT2D eigenvalue weighted by Crippen LogP contribution is -2.36. The summed E-state index contributed by atoms with van der Waals surface area (Å²) >= 11 is 0. The maximum absolute atomic E-state index is 6.70. The number of allylic oxidation sites excluding steroid dienone is 3. The van der Waals surface area contributed by atoms with E-state index < -0.39 is 5.41 Å². The third-order valence-electron chi connectivity index (χ3n) is 12.7. The van der Waals surface area contributed by atoms with E-state index in [1.54, 1.807) is 0 Å². The number of amidine groups is 2. The van der Waals surface area contributed by atoms with Gasteiger partial charge in [0.25, 0.3) is 0 Å². The van der Waals surface area contributed by atoms with Gasteiger partial charge in [-0.15, -0.1) is 0 Å². The molecule has 0 fully saturated rings. The van der Waals surface area contributed by atoms with Crippen LogP contribution in [0.3, 0.4) is 0 Å². The molecule has 1 atom stereocenters. The number of nitrogens with one attached hydrogen (secondary N) is 2. The molecule has 2 aliphatic carbocycles. The number of hydrogen-bond acceptors (Lipinski definition) is 5. The number of nitrogens with zero attached hydrogens (tertiary/aromatic N) is 2. The molecule has 12 rings (SSSR count). The zero-order valence-corrected chi connectivity index (χ0v) is 32.9. The molecule has 7 aromatic rings. The first-order valence-electron chi connectivity index (χ1n) is 20.9. The van der Waals surface area contributed by atoms with E-state index >= 15 is 0 Å².